The number of nitrogens with zero attached hydrogens (tertiary/aromatic N) is 2. The maximum Gasteiger partial charge on any atom is 0.274 e. The minimum atomic E-state index is -0.512. The molecular weight excluding hydrogens is 391 g/mol. The van der Waals surface area contributed by atoms with Crippen LogP contribution in [0, 0.1) is 0 Å². The Kier molecular flexibility index (Phi) is 7.71. The minimum absolute atomic E-state index is 0.221. The van der Waals surface area contributed by atoms with E-state index in [-0.39, 0.29) is 11.6 Å². The smallest absolute Gasteiger partial charge is 0.274 e. The molecule has 27 heavy (non-hydrogen) atoms. The third-order valence-corrected chi connectivity index (χ3v) is 4.37. The Morgan fingerprint density at radius 2 is 2.11 bits per heavy atom. The molecule has 0 bridgehead atoms. The molecule has 1 fully saturated rings. The Bertz CT molecular complexity index is 778. The molecule has 2 rings (SSSR count). The molecule has 1 atom stereocenters. The number of benzene rings is 1. The summed E-state index contributed by atoms with van der Waals surface area (Å²) >= 11 is 11.9. The fraction of sp³-hybridized carbons (Fsp3) is 0.312. The lowest BCUT2D eigenvalue weighted by molar-refractivity contribution is -0.116. The molecular formula is C16H22Cl2N8O. The molecule has 0 aromatic heterocycles. The first-order chi connectivity index (χ1) is 12.9. The van der Waals surface area contributed by atoms with E-state index < -0.39 is 6.29 Å². The van der Waals surface area contributed by atoms with Gasteiger partial charge in [0.15, 0.2) is 12.2 Å². The second kappa shape index (κ2) is 10.0. The molecule has 146 valence electrons. The van der Waals surface area contributed by atoms with Crippen molar-refractivity contribution in [1.82, 2.24) is 21.3 Å². The van der Waals surface area contributed by atoms with Crippen LogP contribution in [-0.4, -0.2) is 44.0 Å². The highest BCUT2D eigenvalue weighted by Crippen LogP contribution is 2.22. The standard InChI is InChI=1S/C16H22Cl2N8O/c1-21-15(20)23-5-4-22-13-12(7-19)25-16(26-14(13)27)24-8-9-2-3-10(17)11(18)6-9/h2-3,6-7,16,24-25H,4-5,8,19H2,1H3,(H,26,27)(H3,20,21,23)/b12-7+,22-13?. The molecule has 0 aliphatic carbocycles. The van der Waals surface area contributed by atoms with Gasteiger partial charge in [-0.25, -0.2) is 0 Å². The normalized spacial score (nSPS) is 20.5. The predicted molar refractivity (Wildman–Crippen MR) is 108 cm³/mol. The average molecular weight is 413 g/mol. The highest BCUT2D eigenvalue weighted by Gasteiger charge is 2.27. The molecule has 11 heteroatoms. The van der Waals surface area contributed by atoms with Gasteiger partial charge in [-0.3, -0.25) is 20.1 Å². The summed E-state index contributed by atoms with van der Waals surface area (Å²) in [5.41, 5.74) is 12.7. The van der Waals surface area contributed by atoms with E-state index in [9.17, 15) is 4.79 Å². The van der Waals surface area contributed by atoms with E-state index in [1.54, 1.807) is 19.2 Å². The lowest BCUT2D eigenvalue weighted by Gasteiger charge is -2.29. The van der Waals surface area contributed by atoms with Crippen molar-refractivity contribution in [3.8, 4) is 0 Å². The van der Waals surface area contributed by atoms with E-state index in [1.165, 1.54) is 6.20 Å². The number of amides is 1. The first-order valence-electron chi connectivity index (χ1n) is 8.12. The monoisotopic (exact) mass is 412 g/mol. The summed E-state index contributed by atoms with van der Waals surface area (Å²) in [6, 6.07) is 5.32. The number of hydrogen-bond donors (Lipinski definition) is 6. The molecule has 1 saturated heterocycles. The third kappa shape index (κ3) is 6.02. The largest absolute Gasteiger partial charge is 0.403 e. The third-order valence-electron chi connectivity index (χ3n) is 3.64. The quantitative estimate of drug-likeness (QED) is 0.218. The predicted octanol–water partition coefficient (Wildman–Crippen LogP) is -0.139. The van der Waals surface area contributed by atoms with Crippen LogP contribution in [0.5, 0.6) is 0 Å². The fourth-order valence-corrected chi connectivity index (χ4v) is 2.59. The van der Waals surface area contributed by atoms with Gasteiger partial charge in [0.25, 0.3) is 5.91 Å². The van der Waals surface area contributed by atoms with E-state index in [4.69, 9.17) is 34.7 Å². The zero-order chi connectivity index (χ0) is 19.8. The minimum Gasteiger partial charge on any atom is -0.403 e. The zero-order valence-corrected chi connectivity index (χ0v) is 16.2. The molecule has 1 aliphatic rings. The SMILES string of the molecule is CN=C(N)NCCN=C1C(=O)NC(NCc2ccc(Cl)c(Cl)c2)N/C1=C/N. The van der Waals surface area contributed by atoms with Crippen LogP contribution in [0.2, 0.25) is 10.0 Å². The Labute approximate surface area is 167 Å². The Balaban J connectivity index is 1.93. The van der Waals surface area contributed by atoms with Crippen molar-refractivity contribution < 1.29 is 4.79 Å². The second-order valence-corrected chi connectivity index (χ2v) is 6.34. The van der Waals surface area contributed by atoms with Gasteiger partial charge < -0.3 is 27.4 Å². The number of halogens is 2. The number of hydrogen-bond acceptors (Lipinski definition) is 6. The molecule has 8 N–H and O–H groups in total. The van der Waals surface area contributed by atoms with Crippen molar-refractivity contribution in [3.63, 3.8) is 0 Å². The topological polar surface area (TPSA) is 142 Å². The van der Waals surface area contributed by atoms with E-state index in [2.05, 4.69) is 31.3 Å². The van der Waals surface area contributed by atoms with Crippen LogP contribution in [0.25, 0.3) is 0 Å². The summed E-state index contributed by atoms with van der Waals surface area (Å²) in [5, 5.41) is 12.8. The van der Waals surface area contributed by atoms with Gasteiger partial charge in [-0.2, -0.15) is 0 Å². The molecule has 0 spiro atoms. The Morgan fingerprint density at radius 1 is 1.33 bits per heavy atom. The number of nitrogens with one attached hydrogen (secondary N) is 4. The van der Waals surface area contributed by atoms with Gasteiger partial charge in [-0.1, -0.05) is 29.3 Å². The van der Waals surface area contributed by atoms with Crippen LogP contribution in [0.3, 0.4) is 0 Å². The van der Waals surface area contributed by atoms with Crippen LogP contribution < -0.4 is 32.7 Å². The molecule has 1 unspecified atom stereocenters. The summed E-state index contributed by atoms with van der Waals surface area (Å²) in [5.74, 6) is -0.0307. The first kappa shape index (κ1) is 20.8. The van der Waals surface area contributed by atoms with E-state index in [0.717, 1.165) is 5.56 Å². The molecule has 0 radical (unpaired) electrons. The Morgan fingerprint density at radius 3 is 2.78 bits per heavy atom. The molecule has 1 heterocycles. The van der Waals surface area contributed by atoms with Crippen LogP contribution >= 0.6 is 23.2 Å². The first-order valence-corrected chi connectivity index (χ1v) is 8.87. The maximum atomic E-state index is 12.3. The lowest BCUT2D eigenvalue weighted by atomic mass is 10.2. The van der Waals surface area contributed by atoms with Gasteiger partial charge >= 0.3 is 0 Å². The number of rotatable bonds is 6. The second-order valence-electron chi connectivity index (χ2n) is 5.53. The summed E-state index contributed by atoms with van der Waals surface area (Å²) < 4.78 is 0. The number of aliphatic imine (C=N–C) groups is 2. The number of carbonyl (C=O) groups is 1. The number of guanidine groups is 1. The van der Waals surface area contributed by atoms with Gasteiger partial charge in [0.05, 0.1) is 22.3 Å². The number of nitrogens with two attached hydrogens (primary N) is 2. The number of carbonyl (C=O) groups excluding carboxylic acids is 1. The van der Waals surface area contributed by atoms with Gasteiger partial charge in [0.1, 0.15) is 5.71 Å². The molecule has 1 aromatic carbocycles. The summed E-state index contributed by atoms with van der Waals surface area (Å²) in [4.78, 5) is 20.4. The fourth-order valence-electron chi connectivity index (χ4n) is 2.27. The van der Waals surface area contributed by atoms with Crippen LogP contribution in [0.15, 0.2) is 40.1 Å². The van der Waals surface area contributed by atoms with Gasteiger partial charge in [-0.05, 0) is 17.7 Å². The maximum absolute atomic E-state index is 12.3. The van der Waals surface area contributed by atoms with Gasteiger partial charge in [-0.15, -0.1) is 0 Å². The van der Waals surface area contributed by atoms with Crippen LogP contribution in [0.4, 0.5) is 0 Å². The summed E-state index contributed by atoms with van der Waals surface area (Å²) in [7, 11) is 1.58. The molecule has 9 nitrogen and oxygen atoms in total. The van der Waals surface area contributed by atoms with Gasteiger partial charge in [0.2, 0.25) is 0 Å². The Hall–Kier alpha value is -2.49. The molecule has 1 aliphatic heterocycles. The molecule has 1 aromatic rings. The van der Waals surface area contributed by atoms with Crippen molar-refractivity contribution in [2.24, 2.45) is 21.5 Å². The van der Waals surface area contributed by atoms with Crippen molar-refractivity contribution in [3.05, 3.63) is 45.7 Å². The van der Waals surface area contributed by atoms with E-state index >= 15 is 0 Å². The molecule has 1 amide bonds. The highest BCUT2D eigenvalue weighted by atomic mass is 35.5. The van der Waals surface area contributed by atoms with E-state index in [0.29, 0.717) is 41.3 Å². The zero-order valence-electron chi connectivity index (χ0n) is 14.7. The summed E-state index contributed by atoms with van der Waals surface area (Å²) in [6.07, 6.45) is 0.794. The van der Waals surface area contributed by atoms with Crippen LogP contribution in [-0.2, 0) is 11.3 Å². The van der Waals surface area contributed by atoms with Crippen molar-refractivity contribution in [2.75, 3.05) is 20.1 Å². The lowest BCUT2D eigenvalue weighted by Crippen LogP contribution is -2.61. The summed E-state index contributed by atoms with van der Waals surface area (Å²) in [6.45, 7) is 1.23. The van der Waals surface area contributed by atoms with Crippen molar-refractivity contribution in [2.45, 2.75) is 12.8 Å². The molecule has 0 saturated carbocycles. The van der Waals surface area contributed by atoms with Crippen LogP contribution in [0.1, 0.15) is 5.56 Å². The average Bonchev–Trinajstić information content (AvgIpc) is 2.66. The van der Waals surface area contributed by atoms with Crippen molar-refractivity contribution in [1.29, 1.82) is 0 Å². The van der Waals surface area contributed by atoms with Gasteiger partial charge in [0, 0.05) is 26.3 Å². The van der Waals surface area contributed by atoms with Crippen molar-refractivity contribution >= 4 is 40.8 Å². The highest BCUT2D eigenvalue weighted by molar-refractivity contribution is 6.45. The van der Waals surface area contributed by atoms with E-state index in [1.807, 2.05) is 6.07 Å².